The van der Waals surface area contributed by atoms with Gasteiger partial charge in [0, 0.05) is 23.8 Å². The van der Waals surface area contributed by atoms with Crippen LogP contribution >= 0.6 is 11.3 Å². The van der Waals surface area contributed by atoms with Crippen LogP contribution in [-0.2, 0) is 18.3 Å². The van der Waals surface area contributed by atoms with E-state index in [2.05, 4.69) is 10.4 Å². The molecular formula is C25H24N4O2S. The average Bonchev–Trinajstić information content (AvgIpc) is 3.35. The van der Waals surface area contributed by atoms with Crippen LogP contribution in [0.1, 0.15) is 32.9 Å². The Labute approximate surface area is 190 Å². The van der Waals surface area contributed by atoms with Crippen LogP contribution in [0.4, 0.5) is 11.4 Å². The van der Waals surface area contributed by atoms with Crippen molar-refractivity contribution < 1.29 is 9.59 Å². The molecule has 0 fully saturated rings. The zero-order chi connectivity index (χ0) is 22.4. The number of fused-ring (bicyclic) bond motifs is 2. The Bertz CT molecular complexity index is 1300. The van der Waals surface area contributed by atoms with E-state index >= 15 is 0 Å². The second-order valence-corrected chi connectivity index (χ2v) is 9.28. The summed E-state index contributed by atoms with van der Waals surface area (Å²) in [5.74, 6) is -0.322. The van der Waals surface area contributed by atoms with Crippen molar-refractivity contribution in [1.82, 2.24) is 9.78 Å². The fourth-order valence-corrected chi connectivity index (χ4v) is 5.40. The molecule has 2 aromatic heterocycles. The number of thiophene rings is 1. The topological polar surface area (TPSA) is 67.2 Å². The molecule has 2 amide bonds. The van der Waals surface area contributed by atoms with Crippen molar-refractivity contribution >= 4 is 44.7 Å². The van der Waals surface area contributed by atoms with Crippen molar-refractivity contribution in [3.63, 3.8) is 0 Å². The van der Waals surface area contributed by atoms with Gasteiger partial charge in [0.15, 0.2) is 0 Å². The molecule has 5 rings (SSSR count). The first-order chi connectivity index (χ1) is 15.4. The van der Waals surface area contributed by atoms with Crippen molar-refractivity contribution in [3.8, 4) is 0 Å². The molecule has 1 N–H and O–H groups in total. The van der Waals surface area contributed by atoms with E-state index in [1.54, 1.807) is 9.58 Å². The maximum atomic E-state index is 13.8. The number of benzene rings is 2. The van der Waals surface area contributed by atoms with Crippen molar-refractivity contribution in [3.05, 3.63) is 76.3 Å². The van der Waals surface area contributed by atoms with Gasteiger partial charge in [0.25, 0.3) is 5.91 Å². The van der Waals surface area contributed by atoms with Gasteiger partial charge in [-0.2, -0.15) is 5.10 Å². The van der Waals surface area contributed by atoms with Crippen LogP contribution in [0, 0.1) is 13.8 Å². The summed E-state index contributed by atoms with van der Waals surface area (Å²) in [6.45, 7) is 3.95. The molecule has 6 nitrogen and oxygen atoms in total. The highest BCUT2D eigenvalue weighted by Gasteiger charge is 2.37. The molecule has 1 aliphatic rings. The molecule has 3 heterocycles. The van der Waals surface area contributed by atoms with Crippen LogP contribution in [-0.4, -0.2) is 27.6 Å². The van der Waals surface area contributed by atoms with Crippen LogP contribution in [0.5, 0.6) is 0 Å². The van der Waals surface area contributed by atoms with Gasteiger partial charge in [0.2, 0.25) is 5.91 Å². The van der Waals surface area contributed by atoms with Crippen LogP contribution < -0.4 is 10.2 Å². The molecular weight excluding hydrogens is 420 g/mol. The van der Waals surface area contributed by atoms with Gasteiger partial charge < -0.3 is 5.32 Å². The quantitative estimate of drug-likeness (QED) is 0.491. The van der Waals surface area contributed by atoms with Crippen LogP contribution in [0.25, 0.3) is 10.2 Å². The summed E-state index contributed by atoms with van der Waals surface area (Å²) in [5.41, 5.74) is 4.64. The maximum absolute atomic E-state index is 13.8. The number of para-hydroxylation sites is 1. The van der Waals surface area contributed by atoms with E-state index in [0.29, 0.717) is 11.3 Å². The smallest absolute Gasteiger partial charge is 0.269 e. The Morgan fingerprint density at radius 1 is 1.09 bits per heavy atom. The first kappa shape index (κ1) is 20.5. The molecule has 0 saturated heterocycles. The van der Waals surface area contributed by atoms with Crippen molar-refractivity contribution in [2.45, 2.75) is 32.7 Å². The summed E-state index contributed by atoms with van der Waals surface area (Å²) in [4.78, 5) is 30.4. The lowest BCUT2D eigenvalue weighted by molar-refractivity contribution is -0.117. The van der Waals surface area contributed by atoms with Gasteiger partial charge in [-0.1, -0.05) is 35.9 Å². The normalized spacial score (nSPS) is 15.6. The molecule has 4 aromatic rings. The Hall–Kier alpha value is -3.45. The van der Waals surface area contributed by atoms with Gasteiger partial charge in [-0.05, 0) is 56.5 Å². The van der Waals surface area contributed by atoms with Crippen molar-refractivity contribution in [2.75, 3.05) is 10.2 Å². The molecule has 7 heteroatoms. The van der Waals surface area contributed by atoms with Gasteiger partial charge in [0.1, 0.15) is 10.9 Å². The number of nitrogens with one attached hydrogen (secondary N) is 1. The largest absolute Gasteiger partial charge is 0.324 e. The lowest BCUT2D eigenvalue weighted by atomic mass is 9.94. The zero-order valence-electron chi connectivity index (χ0n) is 18.3. The van der Waals surface area contributed by atoms with Gasteiger partial charge in [-0.15, -0.1) is 11.3 Å². The number of nitrogens with zero attached hydrogens (tertiary/aromatic N) is 3. The SMILES string of the molecule is Cc1ccc(NC(=O)C2CCc3ccccc3N2C(=O)c2cc3c(C)nn(C)c3s2)cc1. The highest BCUT2D eigenvalue weighted by atomic mass is 32.1. The predicted octanol–water partition coefficient (Wildman–Crippen LogP) is 4.85. The Balaban J connectivity index is 1.52. The zero-order valence-corrected chi connectivity index (χ0v) is 19.1. The number of hydrogen-bond donors (Lipinski definition) is 1. The molecule has 32 heavy (non-hydrogen) atoms. The number of amides is 2. The van der Waals surface area contributed by atoms with Crippen molar-refractivity contribution in [1.29, 1.82) is 0 Å². The second kappa shape index (κ2) is 7.91. The highest BCUT2D eigenvalue weighted by Crippen LogP contribution is 2.35. The number of hydrogen-bond acceptors (Lipinski definition) is 4. The summed E-state index contributed by atoms with van der Waals surface area (Å²) < 4.78 is 1.80. The first-order valence-corrected chi connectivity index (χ1v) is 11.5. The number of aryl methyl sites for hydroxylation is 4. The van der Waals surface area contributed by atoms with Crippen molar-refractivity contribution in [2.24, 2.45) is 7.05 Å². The summed E-state index contributed by atoms with van der Waals surface area (Å²) in [7, 11) is 1.88. The second-order valence-electron chi connectivity index (χ2n) is 8.25. The van der Waals surface area contributed by atoms with E-state index in [1.807, 2.05) is 75.5 Å². The Morgan fingerprint density at radius 3 is 2.59 bits per heavy atom. The third-order valence-corrected chi connectivity index (χ3v) is 7.19. The number of carbonyl (C=O) groups excluding carboxylic acids is 2. The molecule has 0 bridgehead atoms. The molecule has 162 valence electrons. The Morgan fingerprint density at radius 2 is 1.84 bits per heavy atom. The minimum Gasteiger partial charge on any atom is -0.324 e. The van der Waals surface area contributed by atoms with Crippen LogP contribution in [0.3, 0.4) is 0 Å². The minimum atomic E-state index is -0.580. The third-order valence-electron chi connectivity index (χ3n) is 6.00. The predicted molar refractivity (Wildman–Crippen MR) is 128 cm³/mol. The summed E-state index contributed by atoms with van der Waals surface area (Å²) in [6.07, 6.45) is 1.33. The standard InChI is InChI=1S/C25H24N4O2S/c1-15-8-11-18(12-9-15)26-23(30)21-13-10-17-6-4-5-7-20(17)29(21)24(31)22-14-19-16(2)27-28(3)25(19)32-22/h4-9,11-12,14,21H,10,13H2,1-3H3,(H,26,30). The number of rotatable bonds is 3. The van der Waals surface area contributed by atoms with E-state index in [0.717, 1.165) is 44.8 Å². The summed E-state index contributed by atoms with van der Waals surface area (Å²) >= 11 is 1.42. The summed E-state index contributed by atoms with van der Waals surface area (Å²) in [6, 6.07) is 16.9. The van der Waals surface area contributed by atoms with E-state index in [4.69, 9.17) is 0 Å². The molecule has 0 saturated carbocycles. The lowest BCUT2D eigenvalue weighted by Gasteiger charge is -2.36. The molecule has 1 aliphatic heterocycles. The number of carbonyl (C=O) groups is 2. The monoisotopic (exact) mass is 444 g/mol. The molecule has 0 spiro atoms. The molecule has 0 radical (unpaired) electrons. The third kappa shape index (κ3) is 3.48. The molecule has 1 atom stereocenters. The molecule has 2 aromatic carbocycles. The van der Waals surface area contributed by atoms with Gasteiger partial charge in [-0.25, -0.2) is 0 Å². The summed E-state index contributed by atoms with van der Waals surface area (Å²) in [5, 5.41) is 8.41. The van der Waals surface area contributed by atoms with Crippen LogP contribution in [0.15, 0.2) is 54.6 Å². The average molecular weight is 445 g/mol. The fraction of sp³-hybridized carbons (Fsp3) is 0.240. The van der Waals surface area contributed by atoms with Crippen LogP contribution in [0.2, 0.25) is 0 Å². The Kier molecular flexibility index (Phi) is 5.06. The minimum absolute atomic E-state index is 0.151. The van der Waals surface area contributed by atoms with E-state index in [9.17, 15) is 9.59 Å². The number of aromatic nitrogens is 2. The van der Waals surface area contributed by atoms with Gasteiger partial charge in [0.05, 0.1) is 10.6 Å². The molecule has 0 aliphatic carbocycles. The van der Waals surface area contributed by atoms with E-state index in [-0.39, 0.29) is 11.8 Å². The van der Waals surface area contributed by atoms with Gasteiger partial charge >= 0.3 is 0 Å². The van der Waals surface area contributed by atoms with E-state index < -0.39 is 6.04 Å². The fourth-order valence-electron chi connectivity index (χ4n) is 4.34. The maximum Gasteiger partial charge on any atom is 0.269 e. The highest BCUT2D eigenvalue weighted by molar-refractivity contribution is 7.20. The lowest BCUT2D eigenvalue weighted by Crippen LogP contribution is -2.50. The molecule has 1 unspecified atom stereocenters. The van der Waals surface area contributed by atoms with E-state index in [1.165, 1.54) is 11.3 Å². The number of anilines is 2. The first-order valence-electron chi connectivity index (χ1n) is 10.6. The van der Waals surface area contributed by atoms with Gasteiger partial charge in [-0.3, -0.25) is 19.2 Å².